The molecule has 6 heteroatoms. The van der Waals surface area contributed by atoms with Crippen LogP contribution < -0.4 is 10.2 Å². The number of amides is 1. The second-order valence-electron chi connectivity index (χ2n) is 7.02. The number of rotatable bonds is 4. The fraction of sp³-hybridized carbons (Fsp3) is 0.474. The van der Waals surface area contributed by atoms with Gasteiger partial charge in [0, 0.05) is 30.6 Å². The van der Waals surface area contributed by atoms with E-state index in [-0.39, 0.29) is 5.91 Å². The van der Waals surface area contributed by atoms with Gasteiger partial charge in [-0.05, 0) is 48.9 Å². The molecule has 0 saturated carbocycles. The van der Waals surface area contributed by atoms with Crippen LogP contribution in [0.3, 0.4) is 0 Å². The van der Waals surface area contributed by atoms with Gasteiger partial charge in [-0.3, -0.25) is 4.79 Å². The third kappa shape index (κ3) is 2.73. The molecule has 130 valence electrons. The van der Waals surface area contributed by atoms with E-state index in [2.05, 4.69) is 22.8 Å². The van der Waals surface area contributed by atoms with E-state index in [0.717, 1.165) is 61.8 Å². The topological polar surface area (TPSA) is 54.5 Å². The highest BCUT2D eigenvalue weighted by Gasteiger charge is 2.32. The van der Waals surface area contributed by atoms with E-state index in [9.17, 15) is 4.79 Å². The summed E-state index contributed by atoms with van der Waals surface area (Å²) < 4.78 is 5.65. The Kier molecular flexibility index (Phi) is 3.75. The number of carbonyl (C=O) groups is 1. The van der Waals surface area contributed by atoms with E-state index in [0.29, 0.717) is 12.5 Å². The minimum Gasteiger partial charge on any atom is -0.376 e. The van der Waals surface area contributed by atoms with Crippen molar-refractivity contribution in [1.29, 1.82) is 0 Å². The van der Waals surface area contributed by atoms with Gasteiger partial charge in [0.05, 0.1) is 23.9 Å². The zero-order chi connectivity index (χ0) is 16.8. The Morgan fingerprint density at radius 3 is 3.12 bits per heavy atom. The van der Waals surface area contributed by atoms with Crippen LogP contribution in [0.4, 0.5) is 10.8 Å². The van der Waals surface area contributed by atoms with Crippen LogP contribution in [0, 0.1) is 0 Å². The van der Waals surface area contributed by atoms with Crippen LogP contribution in [0.5, 0.6) is 0 Å². The second-order valence-corrected chi connectivity index (χ2v) is 7.88. The zero-order valence-electron chi connectivity index (χ0n) is 14.1. The van der Waals surface area contributed by atoms with Crippen LogP contribution in [0.15, 0.2) is 17.5 Å². The molecular formula is C19H21N3O2S. The molecule has 5 rings (SSSR count). The molecule has 25 heavy (non-hydrogen) atoms. The predicted octanol–water partition coefficient (Wildman–Crippen LogP) is 3.24. The number of benzene rings is 1. The Bertz CT molecular complexity index is 826. The van der Waals surface area contributed by atoms with Gasteiger partial charge in [-0.25, -0.2) is 4.98 Å². The number of anilines is 2. The molecule has 1 atom stereocenters. The van der Waals surface area contributed by atoms with Gasteiger partial charge in [-0.2, -0.15) is 0 Å². The van der Waals surface area contributed by atoms with Crippen LogP contribution in [0.2, 0.25) is 0 Å². The van der Waals surface area contributed by atoms with Gasteiger partial charge >= 0.3 is 0 Å². The Hall–Kier alpha value is -1.92. The summed E-state index contributed by atoms with van der Waals surface area (Å²) in [6.07, 6.45) is 5.23. The maximum absolute atomic E-state index is 12.2. The first kappa shape index (κ1) is 15.3. The first-order valence-corrected chi connectivity index (χ1v) is 9.93. The Morgan fingerprint density at radius 1 is 1.32 bits per heavy atom. The normalized spacial score (nSPS) is 21.7. The molecule has 0 bridgehead atoms. The minimum absolute atomic E-state index is 0.241. The summed E-state index contributed by atoms with van der Waals surface area (Å²) in [7, 11) is 0. The molecule has 1 saturated heterocycles. The summed E-state index contributed by atoms with van der Waals surface area (Å²) in [4.78, 5) is 18.9. The molecule has 1 aromatic carbocycles. The third-order valence-corrected chi connectivity index (χ3v) is 6.11. The van der Waals surface area contributed by atoms with Crippen molar-refractivity contribution in [2.75, 3.05) is 29.9 Å². The standard InChI is InChI=1S/C19H21N3O2S/c23-17-9-14-8-13(7-12-3-1-5-22(17)18(12)14)16-11-25-19(21-16)20-10-15-4-2-6-24-15/h7-8,11,15H,1-6,9-10H2,(H,20,21). The highest BCUT2D eigenvalue weighted by atomic mass is 32.1. The third-order valence-electron chi connectivity index (χ3n) is 5.31. The quantitative estimate of drug-likeness (QED) is 0.915. The molecule has 1 aromatic heterocycles. The lowest BCUT2D eigenvalue weighted by Gasteiger charge is -2.25. The molecule has 4 heterocycles. The first-order valence-electron chi connectivity index (χ1n) is 9.05. The average molecular weight is 355 g/mol. The van der Waals surface area contributed by atoms with E-state index in [4.69, 9.17) is 9.72 Å². The average Bonchev–Trinajstić information content (AvgIpc) is 3.35. The molecule has 1 unspecified atom stereocenters. The molecule has 3 aliphatic heterocycles. The maximum atomic E-state index is 12.2. The number of nitrogens with one attached hydrogen (secondary N) is 1. The van der Waals surface area contributed by atoms with E-state index < -0.39 is 0 Å². The van der Waals surface area contributed by atoms with E-state index in [1.165, 1.54) is 16.8 Å². The van der Waals surface area contributed by atoms with Gasteiger partial charge in [0.25, 0.3) is 0 Å². The Labute approximate surface area is 151 Å². The van der Waals surface area contributed by atoms with Gasteiger partial charge in [0.2, 0.25) is 5.91 Å². The lowest BCUT2D eigenvalue weighted by molar-refractivity contribution is -0.117. The largest absolute Gasteiger partial charge is 0.376 e. The summed E-state index contributed by atoms with van der Waals surface area (Å²) in [5.41, 5.74) is 5.76. The number of aryl methyl sites for hydroxylation is 1. The summed E-state index contributed by atoms with van der Waals surface area (Å²) >= 11 is 1.63. The second kappa shape index (κ2) is 6.11. The van der Waals surface area contributed by atoms with Crippen molar-refractivity contribution in [2.24, 2.45) is 0 Å². The van der Waals surface area contributed by atoms with Crippen molar-refractivity contribution in [3.05, 3.63) is 28.6 Å². The highest BCUT2D eigenvalue weighted by molar-refractivity contribution is 7.14. The lowest BCUT2D eigenvalue weighted by atomic mass is 9.96. The van der Waals surface area contributed by atoms with Crippen molar-refractivity contribution >= 4 is 28.1 Å². The molecule has 0 spiro atoms. The molecule has 1 amide bonds. The smallest absolute Gasteiger partial charge is 0.231 e. The summed E-state index contributed by atoms with van der Waals surface area (Å²) in [6, 6.07) is 4.38. The number of ether oxygens (including phenoxy) is 1. The number of carbonyl (C=O) groups excluding carboxylic acids is 1. The number of hydrogen-bond donors (Lipinski definition) is 1. The number of nitrogens with zero attached hydrogens (tertiary/aromatic N) is 2. The molecule has 0 aliphatic carbocycles. The van der Waals surface area contributed by atoms with Crippen molar-refractivity contribution in [3.63, 3.8) is 0 Å². The van der Waals surface area contributed by atoms with Crippen LogP contribution in [-0.4, -0.2) is 36.7 Å². The first-order chi connectivity index (χ1) is 12.3. The van der Waals surface area contributed by atoms with Gasteiger partial charge in [-0.1, -0.05) is 0 Å². The molecular weight excluding hydrogens is 334 g/mol. The SMILES string of the molecule is O=C1Cc2cc(-c3csc(NCC4CCCO4)n3)cc3c2N1CCC3. The van der Waals surface area contributed by atoms with Crippen LogP contribution in [-0.2, 0) is 22.4 Å². The number of hydrogen-bond acceptors (Lipinski definition) is 5. The number of aromatic nitrogens is 1. The van der Waals surface area contributed by atoms with E-state index in [1.807, 2.05) is 4.90 Å². The zero-order valence-corrected chi connectivity index (χ0v) is 14.9. The molecule has 1 fully saturated rings. The summed E-state index contributed by atoms with van der Waals surface area (Å²) in [5.74, 6) is 0.241. The maximum Gasteiger partial charge on any atom is 0.231 e. The van der Waals surface area contributed by atoms with E-state index >= 15 is 0 Å². The molecule has 0 radical (unpaired) electrons. The van der Waals surface area contributed by atoms with Crippen molar-refractivity contribution < 1.29 is 9.53 Å². The van der Waals surface area contributed by atoms with Gasteiger partial charge in [0.15, 0.2) is 5.13 Å². The van der Waals surface area contributed by atoms with E-state index in [1.54, 1.807) is 11.3 Å². The Balaban J connectivity index is 1.39. The molecule has 3 aliphatic rings. The Morgan fingerprint density at radius 2 is 2.24 bits per heavy atom. The molecule has 5 nitrogen and oxygen atoms in total. The fourth-order valence-corrected chi connectivity index (χ4v) is 4.85. The van der Waals surface area contributed by atoms with Gasteiger partial charge < -0.3 is 15.0 Å². The van der Waals surface area contributed by atoms with Crippen molar-refractivity contribution in [1.82, 2.24) is 4.98 Å². The predicted molar refractivity (Wildman–Crippen MR) is 99.4 cm³/mol. The molecule has 1 N–H and O–H groups in total. The lowest BCUT2D eigenvalue weighted by Crippen LogP contribution is -2.31. The highest BCUT2D eigenvalue weighted by Crippen LogP contribution is 2.40. The summed E-state index contributed by atoms with van der Waals surface area (Å²) in [6.45, 7) is 2.57. The fourth-order valence-electron chi connectivity index (χ4n) is 4.12. The summed E-state index contributed by atoms with van der Waals surface area (Å²) in [5, 5.41) is 6.45. The van der Waals surface area contributed by atoms with Crippen molar-refractivity contribution in [2.45, 2.75) is 38.2 Å². The van der Waals surface area contributed by atoms with Gasteiger partial charge in [-0.15, -0.1) is 11.3 Å². The molecule has 2 aromatic rings. The van der Waals surface area contributed by atoms with Gasteiger partial charge in [0.1, 0.15) is 0 Å². The minimum atomic E-state index is 0.241. The van der Waals surface area contributed by atoms with Crippen molar-refractivity contribution in [3.8, 4) is 11.3 Å². The number of thiazole rings is 1. The van der Waals surface area contributed by atoms with Crippen LogP contribution >= 0.6 is 11.3 Å². The monoisotopic (exact) mass is 355 g/mol. The van der Waals surface area contributed by atoms with Crippen LogP contribution in [0.25, 0.3) is 11.3 Å². The van der Waals surface area contributed by atoms with Crippen LogP contribution in [0.1, 0.15) is 30.4 Å².